The minimum Gasteiger partial charge on any atom is -0.443 e. The molecule has 0 bridgehead atoms. The van der Waals surface area contributed by atoms with Gasteiger partial charge in [0.25, 0.3) is 0 Å². The van der Waals surface area contributed by atoms with E-state index in [9.17, 15) is 13.2 Å². The van der Waals surface area contributed by atoms with Crippen LogP contribution in [0.3, 0.4) is 0 Å². The molecule has 0 unspecified atom stereocenters. The van der Waals surface area contributed by atoms with Gasteiger partial charge in [0.1, 0.15) is 5.76 Å². The zero-order chi connectivity index (χ0) is 20.1. The van der Waals surface area contributed by atoms with E-state index in [0.717, 1.165) is 17.9 Å². The summed E-state index contributed by atoms with van der Waals surface area (Å²) in [5.41, 5.74) is -0.330. The Kier molecular flexibility index (Phi) is 8.77. The SMILES string of the molecule is CCNC(=NCc1cccc(C(F)(F)F)c1)NCc1ncc(C(C)(C)C)o1.I. The molecule has 0 spiro atoms. The summed E-state index contributed by atoms with van der Waals surface area (Å²) in [6.45, 7) is 9.07. The normalized spacial score (nSPS) is 12.5. The van der Waals surface area contributed by atoms with Gasteiger partial charge in [-0.15, -0.1) is 24.0 Å². The van der Waals surface area contributed by atoms with E-state index in [1.807, 2.05) is 27.7 Å². The highest BCUT2D eigenvalue weighted by atomic mass is 127. The number of benzene rings is 1. The number of aliphatic imine (C=N–C) groups is 1. The smallest absolute Gasteiger partial charge is 0.416 e. The number of hydrogen-bond donors (Lipinski definition) is 2. The third-order valence-electron chi connectivity index (χ3n) is 3.72. The maximum absolute atomic E-state index is 12.8. The van der Waals surface area contributed by atoms with Crippen LogP contribution in [0.1, 0.15) is 50.5 Å². The Labute approximate surface area is 180 Å². The molecule has 5 nitrogen and oxygen atoms in total. The molecule has 9 heteroatoms. The van der Waals surface area contributed by atoms with E-state index in [1.165, 1.54) is 6.07 Å². The zero-order valence-electron chi connectivity index (χ0n) is 16.4. The van der Waals surface area contributed by atoms with E-state index in [4.69, 9.17) is 4.42 Å². The van der Waals surface area contributed by atoms with Crippen LogP contribution in [0.2, 0.25) is 0 Å². The quantitative estimate of drug-likeness (QED) is 0.343. The molecule has 2 aromatic rings. The van der Waals surface area contributed by atoms with Crippen molar-refractivity contribution in [1.82, 2.24) is 15.6 Å². The molecule has 1 aromatic carbocycles. The van der Waals surface area contributed by atoms with Crippen LogP contribution in [0.5, 0.6) is 0 Å². The Morgan fingerprint density at radius 2 is 1.89 bits per heavy atom. The minimum atomic E-state index is -4.36. The van der Waals surface area contributed by atoms with Crippen LogP contribution in [0.4, 0.5) is 13.2 Å². The first-order valence-corrected chi connectivity index (χ1v) is 8.73. The number of hydrogen-bond acceptors (Lipinski definition) is 3. The fourth-order valence-corrected chi connectivity index (χ4v) is 2.26. The topological polar surface area (TPSA) is 62.5 Å². The zero-order valence-corrected chi connectivity index (χ0v) is 18.7. The van der Waals surface area contributed by atoms with Crippen LogP contribution < -0.4 is 10.6 Å². The van der Waals surface area contributed by atoms with Gasteiger partial charge in [0, 0.05) is 12.0 Å². The van der Waals surface area contributed by atoms with Crippen molar-refractivity contribution in [3.05, 3.63) is 53.2 Å². The van der Waals surface area contributed by atoms with Crippen molar-refractivity contribution in [2.45, 2.75) is 52.4 Å². The molecule has 0 atom stereocenters. The van der Waals surface area contributed by atoms with E-state index in [2.05, 4.69) is 20.6 Å². The monoisotopic (exact) mass is 510 g/mol. The van der Waals surface area contributed by atoms with Gasteiger partial charge in [-0.05, 0) is 24.6 Å². The Hall–Kier alpha value is -1.78. The van der Waals surface area contributed by atoms with Gasteiger partial charge >= 0.3 is 6.18 Å². The number of guanidine groups is 1. The number of oxazole rings is 1. The van der Waals surface area contributed by atoms with Gasteiger partial charge in [-0.3, -0.25) is 0 Å². The van der Waals surface area contributed by atoms with Crippen LogP contribution in [0.15, 0.2) is 39.9 Å². The fourth-order valence-electron chi connectivity index (χ4n) is 2.26. The lowest BCUT2D eigenvalue weighted by molar-refractivity contribution is -0.137. The minimum absolute atomic E-state index is 0. The van der Waals surface area contributed by atoms with Gasteiger partial charge in [-0.25, -0.2) is 9.98 Å². The van der Waals surface area contributed by atoms with Crippen molar-refractivity contribution >= 4 is 29.9 Å². The number of nitrogens with one attached hydrogen (secondary N) is 2. The molecule has 0 aliphatic rings. The number of alkyl halides is 3. The van der Waals surface area contributed by atoms with Crippen LogP contribution >= 0.6 is 24.0 Å². The first kappa shape index (κ1) is 24.3. The summed E-state index contributed by atoms with van der Waals surface area (Å²) >= 11 is 0. The number of aromatic nitrogens is 1. The average molecular weight is 510 g/mol. The molecule has 0 radical (unpaired) electrons. The van der Waals surface area contributed by atoms with Gasteiger partial charge in [0.05, 0.1) is 24.8 Å². The summed E-state index contributed by atoms with van der Waals surface area (Å²) in [5.74, 6) is 1.78. The molecule has 0 saturated carbocycles. The van der Waals surface area contributed by atoms with E-state index in [0.29, 0.717) is 30.5 Å². The number of halogens is 4. The highest BCUT2D eigenvalue weighted by Gasteiger charge is 2.30. The molecule has 1 aromatic heterocycles. The van der Waals surface area contributed by atoms with Gasteiger partial charge in [-0.1, -0.05) is 32.9 Å². The highest BCUT2D eigenvalue weighted by Crippen LogP contribution is 2.29. The van der Waals surface area contributed by atoms with Crippen molar-refractivity contribution in [2.75, 3.05) is 6.54 Å². The van der Waals surface area contributed by atoms with Crippen molar-refractivity contribution in [2.24, 2.45) is 4.99 Å². The van der Waals surface area contributed by atoms with E-state index in [-0.39, 0.29) is 35.9 Å². The summed E-state index contributed by atoms with van der Waals surface area (Å²) < 4.78 is 44.1. The summed E-state index contributed by atoms with van der Waals surface area (Å²) in [6.07, 6.45) is -2.66. The highest BCUT2D eigenvalue weighted by molar-refractivity contribution is 14.0. The Morgan fingerprint density at radius 1 is 1.18 bits per heavy atom. The van der Waals surface area contributed by atoms with Crippen LogP contribution in [0, 0.1) is 0 Å². The van der Waals surface area contributed by atoms with Gasteiger partial charge in [-0.2, -0.15) is 13.2 Å². The molecule has 2 rings (SSSR count). The molecule has 0 fully saturated rings. The first-order valence-electron chi connectivity index (χ1n) is 8.73. The number of rotatable bonds is 5. The summed E-state index contributed by atoms with van der Waals surface area (Å²) in [4.78, 5) is 8.57. The van der Waals surface area contributed by atoms with Gasteiger partial charge in [0.15, 0.2) is 5.96 Å². The van der Waals surface area contributed by atoms with Crippen LogP contribution in [-0.4, -0.2) is 17.5 Å². The maximum Gasteiger partial charge on any atom is 0.416 e. The third-order valence-corrected chi connectivity index (χ3v) is 3.72. The maximum atomic E-state index is 12.8. The van der Waals surface area contributed by atoms with E-state index >= 15 is 0 Å². The molecule has 0 saturated heterocycles. The van der Waals surface area contributed by atoms with E-state index < -0.39 is 11.7 Å². The number of nitrogens with zero attached hydrogens (tertiary/aromatic N) is 2. The standard InChI is InChI=1S/C19H25F3N4O.HI/c1-5-23-17(26-12-16-24-11-15(27-16)18(2,3)4)25-10-13-7-6-8-14(9-13)19(20,21)22;/h6-9,11H,5,10,12H2,1-4H3,(H2,23,25,26);1H. The molecular weight excluding hydrogens is 484 g/mol. The van der Waals surface area contributed by atoms with Crippen molar-refractivity contribution in [1.29, 1.82) is 0 Å². The Morgan fingerprint density at radius 3 is 2.46 bits per heavy atom. The molecule has 0 aliphatic heterocycles. The lowest BCUT2D eigenvalue weighted by atomic mass is 9.94. The molecule has 28 heavy (non-hydrogen) atoms. The average Bonchev–Trinajstić information content (AvgIpc) is 3.06. The molecular formula is C19H26F3IN4O. The van der Waals surface area contributed by atoms with Crippen molar-refractivity contribution in [3.8, 4) is 0 Å². The lowest BCUT2D eigenvalue weighted by Gasteiger charge is -2.13. The van der Waals surface area contributed by atoms with Crippen molar-refractivity contribution < 1.29 is 17.6 Å². The summed E-state index contributed by atoms with van der Waals surface area (Å²) in [7, 11) is 0. The predicted octanol–water partition coefficient (Wildman–Crippen LogP) is 4.86. The molecule has 156 valence electrons. The lowest BCUT2D eigenvalue weighted by Crippen LogP contribution is -2.36. The second-order valence-corrected chi connectivity index (χ2v) is 7.12. The molecule has 1 heterocycles. The summed E-state index contributed by atoms with van der Waals surface area (Å²) in [5, 5.41) is 6.13. The first-order chi connectivity index (χ1) is 12.6. The van der Waals surface area contributed by atoms with Crippen LogP contribution in [0.25, 0.3) is 0 Å². The Bertz CT molecular complexity index is 782. The predicted molar refractivity (Wildman–Crippen MR) is 114 cm³/mol. The Balaban J connectivity index is 0.00000392. The third kappa shape index (κ3) is 7.33. The van der Waals surface area contributed by atoms with Crippen LogP contribution in [-0.2, 0) is 24.7 Å². The molecule has 2 N–H and O–H groups in total. The molecule has 0 amide bonds. The second kappa shape index (κ2) is 10.1. The second-order valence-electron chi connectivity index (χ2n) is 7.12. The fraction of sp³-hybridized carbons (Fsp3) is 0.474. The van der Waals surface area contributed by atoms with Crippen molar-refractivity contribution in [3.63, 3.8) is 0 Å². The van der Waals surface area contributed by atoms with E-state index in [1.54, 1.807) is 12.3 Å². The van der Waals surface area contributed by atoms with Gasteiger partial charge < -0.3 is 15.1 Å². The van der Waals surface area contributed by atoms with Gasteiger partial charge in [0.2, 0.25) is 5.89 Å². The largest absolute Gasteiger partial charge is 0.443 e. The molecule has 0 aliphatic carbocycles. The summed E-state index contributed by atoms with van der Waals surface area (Å²) in [6, 6.07) is 5.16.